The number of carbonyl (C=O) groups is 2. The molecule has 0 saturated carbocycles. The van der Waals surface area contributed by atoms with Crippen LogP contribution in [0.3, 0.4) is 0 Å². The molecule has 1 fully saturated rings. The number of ether oxygens (including phenoxy) is 1. The second kappa shape index (κ2) is 7.96. The smallest absolute Gasteiger partial charge is 0.410 e. The molecular weight excluding hydrogens is 392 g/mol. The lowest BCUT2D eigenvalue weighted by atomic mass is 9.82. The predicted molar refractivity (Wildman–Crippen MR) is 109 cm³/mol. The molecule has 0 unspecified atom stereocenters. The number of hydrogen-bond acceptors (Lipinski definition) is 4. The Morgan fingerprint density at radius 1 is 1.17 bits per heavy atom. The molecule has 1 aromatic rings. The topological polar surface area (TPSA) is 62.2 Å². The molecule has 2 aliphatic heterocycles. The monoisotopic (exact) mass is 421 g/mol. The maximum Gasteiger partial charge on any atom is 0.410 e. The molecule has 1 aromatic carbocycles. The number of nitrogens with zero attached hydrogens (tertiary/aromatic N) is 3. The van der Waals surface area contributed by atoms with Crippen LogP contribution < -0.4 is 0 Å². The number of likely N-dealkylation sites (tertiary alicyclic amines) is 1. The third kappa shape index (κ3) is 4.79. The summed E-state index contributed by atoms with van der Waals surface area (Å²) in [6.07, 6.45) is 2.51. The van der Waals surface area contributed by atoms with E-state index in [1.165, 1.54) is 17.1 Å². The molecule has 0 radical (unpaired) electrons. The molecule has 0 aromatic heterocycles. The molecule has 0 aliphatic carbocycles. The molecule has 0 spiro atoms. The summed E-state index contributed by atoms with van der Waals surface area (Å²) in [7, 11) is 0. The molecule has 0 bridgehead atoms. The number of hydrazone groups is 1. The van der Waals surface area contributed by atoms with Crippen LogP contribution in [0.2, 0.25) is 0 Å². The van der Waals surface area contributed by atoms with E-state index in [9.17, 15) is 18.4 Å². The van der Waals surface area contributed by atoms with Gasteiger partial charge in [0.05, 0.1) is 6.04 Å². The van der Waals surface area contributed by atoms with Crippen molar-refractivity contribution in [3.63, 3.8) is 0 Å². The fraction of sp³-hybridized carbons (Fsp3) is 0.591. The summed E-state index contributed by atoms with van der Waals surface area (Å²) in [5.41, 5.74) is -0.800. The minimum Gasteiger partial charge on any atom is -0.444 e. The first-order valence-electron chi connectivity index (χ1n) is 10.2. The molecule has 3 rings (SSSR count). The van der Waals surface area contributed by atoms with E-state index in [4.69, 9.17) is 4.74 Å². The zero-order valence-electron chi connectivity index (χ0n) is 18.1. The van der Waals surface area contributed by atoms with E-state index in [0.717, 1.165) is 6.07 Å². The van der Waals surface area contributed by atoms with Crippen molar-refractivity contribution in [2.45, 2.75) is 71.1 Å². The van der Waals surface area contributed by atoms with Crippen LogP contribution in [0.1, 0.15) is 65.5 Å². The first-order valence-corrected chi connectivity index (χ1v) is 10.2. The van der Waals surface area contributed by atoms with Crippen LogP contribution in [-0.4, -0.2) is 45.8 Å². The van der Waals surface area contributed by atoms with Gasteiger partial charge in [0.15, 0.2) is 0 Å². The molecule has 2 amide bonds. The first-order chi connectivity index (χ1) is 13.9. The fourth-order valence-corrected chi connectivity index (χ4v) is 4.13. The SMILES string of the molecule is CC(C)(C)OC(=O)N1CC[C@H](C(=O)N2N=CC[C@@H]2c2cc(F)cc(F)c2)CC1(C)C. The molecule has 2 aliphatic rings. The summed E-state index contributed by atoms with van der Waals surface area (Å²) in [5, 5.41) is 5.52. The third-order valence-corrected chi connectivity index (χ3v) is 5.47. The van der Waals surface area contributed by atoms with E-state index < -0.39 is 34.9 Å². The van der Waals surface area contributed by atoms with Gasteiger partial charge in [-0.3, -0.25) is 4.79 Å². The third-order valence-electron chi connectivity index (χ3n) is 5.47. The van der Waals surface area contributed by atoms with Gasteiger partial charge in [-0.15, -0.1) is 0 Å². The van der Waals surface area contributed by atoms with Crippen LogP contribution in [-0.2, 0) is 9.53 Å². The molecular formula is C22H29F2N3O3. The van der Waals surface area contributed by atoms with E-state index in [1.54, 1.807) is 11.1 Å². The number of carbonyl (C=O) groups excluding carboxylic acids is 2. The normalized spacial score (nSPS) is 23.6. The predicted octanol–water partition coefficient (Wildman–Crippen LogP) is 4.65. The Balaban J connectivity index is 1.73. The van der Waals surface area contributed by atoms with Crippen LogP contribution in [0.15, 0.2) is 23.3 Å². The summed E-state index contributed by atoms with van der Waals surface area (Å²) >= 11 is 0. The minimum atomic E-state index is -0.684. The molecule has 0 N–H and O–H groups in total. The highest BCUT2D eigenvalue weighted by molar-refractivity contribution is 5.82. The Bertz CT molecular complexity index is 843. The standard InChI is InChI=1S/C22H29F2N3O3/c1-21(2,3)30-20(29)26-9-7-14(13-22(26,4)5)19(28)27-18(6-8-25-27)15-10-16(23)12-17(24)11-15/h8,10-12,14,18H,6-7,9,13H2,1-5H3/t14-,18+/m0/s1. The van der Waals surface area contributed by atoms with Gasteiger partial charge in [0, 0.05) is 36.7 Å². The van der Waals surface area contributed by atoms with Crippen LogP contribution in [0.4, 0.5) is 13.6 Å². The van der Waals surface area contributed by atoms with Gasteiger partial charge in [0.1, 0.15) is 17.2 Å². The summed E-state index contributed by atoms with van der Waals surface area (Å²) in [6, 6.07) is 2.74. The zero-order valence-corrected chi connectivity index (χ0v) is 18.1. The van der Waals surface area contributed by atoms with Crippen LogP contribution in [0.5, 0.6) is 0 Å². The number of amides is 2. The number of halogens is 2. The van der Waals surface area contributed by atoms with Gasteiger partial charge in [-0.1, -0.05) is 0 Å². The average molecular weight is 421 g/mol. The van der Waals surface area contributed by atoms with Crippen molar-refractivity contribution < 1.29 is 23.1 Å². The molecule has 8 heteroatoms. The number of piperidine rings is 1. The fourth-order valence-electron chi connectivity index (χ4n) is 4.13. The molecule has 30 heavy (non-hydrogen) atoms. The second-order valence-corrected chi connectivity index (χ2v) is 9.57. The Morgan fingerprint density at radius 2 is 1.80 bits per heavy atom. The van der Waals surface area contributed by atoms with E-state index in [-0.39, 0.29) is 11.8 Å². The van der Waals surface area contributed by atoms with Gasteiger partial charge in [0.25, 0.3) is 0 Å². The van der Waals surface area contributed by atoms with Crippen LogP contribution in [0, 0.1) is 17.6 Å². The van der Waals surface area contributed by atoms with E-state index in [2.05, 4.69) is 5.10 Å². The van der Waals surface area contributed by atoms with E-state index in [1.807, 2.05) is 34.6 Å². The Labute approximate surface area is 175 Å². The lowest BCUT2D eigenvalue weighted by Crippen LogP contribution is -2.55. The number of benzene rings is 1. The summed E-state index contributed by atoms with van der Waals surface area (Å²) in [4.78, 5) is 27.5. The van der Waals surface area contributed by atoms with Gasteiger partial charge in [-0.05, 0) is 65.2 Å². The maximum atomic E-state index is 13.7. The van der Waals surface area contributed by atoms with Gasteiger partial charge in [-0.2, -0.15) is 5.10 Å². The zero-order chi connectivity index (χ0) is 22.3. The van der Waals surface area contributed by atoms with E-state index >= 15 is 0 Å². The minimum absolute atomic E-state index is 0.199. The second-order valence-electron chi connectivity index (χ2n) is 9.57. The average Bonchev–Trinajstić information content (AvgIpc) is 3.07. The van der Waals surface area contributed by atoms with Crippen molar-refractivity contribution in [1.82, 2.24) is 9.91 Å². The van der Waals surface area contributed by atoms with Crippen molar-refractivity contribution in [3.8, 4) is 0 Å². The molecule has 2 heterocycles. The van der Waals surface area contributed by atoms with Crippen molar-refractivity contribution in [2.75, 3.05) is 6.54 Å². The Hall–Kier alpha value is -2.51. The van der Waals surface area contributed by atoms with Crippen molar-refractivity contribution in [2.24, 2.45) is 11.0 Å². The van der Waals surface area contributed by atoms with Gasteiger partial charge in [-0.25, -0.2) is 18.6 Å². The van der Waals surface area contributed by atoms with Crippen LogP contribution >= 0.6 is 0 Å². The lowest BCUT2D eigenvalue weighted by molar-refractivity contribution is -0.141. The number of rotatable bonds is 2. The van der Waals surface area contributed by atoms with Crippen molar-refractivity contribution in [3.05, 3.63) is 35.4 Å². The van der Waals surface area contributed by atoms with Gasteiger partial charge in [0.2, 0.25) is 5.91 Å². The largest absolute Gasteiger partial charge is 0.444 e. The molecule has 6 nitrogen and oxygen atoms in total. The highest BCUT2D eigenvalue weighted by Gasteiger charge is 2.44. The van der Waals surface area contributed by atoms with Crippen molar-refractivity contribution >= 4 is 18.2 Å². The Kier molecular flexibility index (Phi) is 5.89. The first kappa shape index (κ1) is 22.2. The van der Waals surface area contributed by atoms with Gasteiger partial charge < -0.3 is 9.64 Å². The summed E-state index contributed by atoms with van der Waals surface area (Å²) in [6.45, 7) is 9.64. The quantitative estimate of drug-likeness (QED) is 0.698. The lowest BCUT2D eigenvalue weighted by Gasteiger charge is -2.45. The molecule has 1 saturated heterocycles. The van der Waals surface area contributed by atoms with Crippen LogP contribution in [0.25, 0.3) is 0 Å². The highest BCUT2D eigenvalue weighted by atomic mass is 19.1. The van der Waals surface area contributed by atoms with E-state index in [0.29, 0.717) is 31.4 Å². The highest BCUT2D eigenvalue weighted by Crippen LogP contribution is 2.37. The molecule has 164 valence electrons. The summed E-state index contributed by atoms with van der Waals surface area (Å²) < 4.78 is 32.8. The number of hydrogen-bond donors (Lipinski definition) is 0. The maximum absolute atomic E-state index is 13.7. The molecule has 2 atom stereocenters. The van der Waals surface area contributed by atoms with Gasteiger partial charge >= 0.3 is 6.09 Å². The summed E-state index contributed by atoms with van der Waals surface area (Å²) in [5.74, 6) is -1.92. The van der Waals surface area contributed by atoms with Crippen molar-refractivity contribution in [1.29, 1.82) is 0 Å². The Morgan fingerprint density at radius 3 is 2.37 bits per heavy atom.